The lowest BCUT2D eigenvalue weighted by Gasteiger charge is -2.11. The lowest BCUT2D eigenvalue weighted by Crippen LogP contribution is -2.10. The molecule has 0 bridgehead atoms. The number of hydrogen-bond acceptors (Lipinski definition) is 4. The van der Waals surface area contributed by atoms with Crippen molar-refractivity contribution in [3.05, 3.63) is 59.7 Å². The Hall–Kier alpha value is -2.34. The molecule has 0 saturated heterocycles. The lowest BCUT2D eigenvalue weighted by molar-refractivity contribution is 0.0987. The molecule has 5 nitrogen and oxygen atoms in total. The summed E-state index contributed by atoms with van der Waals surface area (Å²) in [5.74, 6) is 0.367. The van der Waals surface area contributed by atoms with Crippen LogP contribution in [-0.2, 0) is 16.6 Å². The summed E-state index contributed by atoms with van der Waals surface area (Å²) in [4.78, 5) is 11.9. The maximum absolute atomic E-state index is 11.9. The molecule has 23 heavy (non-hydrogen) atoms. The topological polar surface area (TPSA) is 72.5 Å². The van der Waals surface area contributed by atoms with Crippen LogP contribution in [0.4, 0.5) is 5.69 Å². The van der Waals surface area contributed by atoms with Gasteiger partial charge in [0, 0.05) is 18.1 Å². The van der Waals surface area contributed by atoms with Crippen LogP contribution in [0.25, 0.3) is 0 Å². The quantitative estimate of drug-likeness (QED) is 0.790. The Labute approximate surface area is 136 Å². The molecule has 0 fully saturated rings. The van der Waals surface area contributed by atoms with Gasteiger partial charge >= 0.3 is 0 Å². The molecule has 2 aromatic rings. The molecule has 6 heteroatoms. The molecule has 0 radical (unpaired) electrons. The van der Waals surface area contributed by atoms with Crippen molar-refractivity contribution in [3.8, 4) is 5.75 Å². The van der Waals surface area contributed by atoms with Gasteiger partial charge < -0.3 is 4.74 Å². The van der Waals surface area contributed by atoms with E-state index in [1.54, 1.807) is 19.1 Å². The SMILES string of the molecule is CCC(=O)c1cc(NS(C)(=O)=O)cc(OCc2ccccc2)c1. The Bertz CT molecular complexity index is 785. The Balaban J connectivity index is 2.26. The van der Waals surface area contributed by atoms with Gasteiger partial charge in [0.05, 0.1) is 11.9 Å². The number of rotatable bonds is 7. The van der Waals surface area contributed by atoms with E-state index in [-0.39, 0.29) is 5.78 Å². The fourth-order valence-corrected chi connectivity index (χ4v) is 2.61. The molecule has 0 unspecified atom stereocenters. The van der Waals surface area contributed by atoms with E-state index in [0.29, 0.717) is 30.0 Å². The molecule has 0 atom stereocenters. The number of carbonyl (C=O) groups is 1. The monoisotopic (exact) mass is 333 g/mol. The van der Waals surface area contributed by atoms with Crippen LogP contribution in [0, 0.1) is 0 Å². The maximum Gasteiger partial charge on any atom is 0.229 e. The average Bonchev–Trinajstić information content (AvgIpc) is 2.51. The van der Waals surface area contributed by atoms with Crippen molar-refractivity contribution in [1.82, 2.24) is 0 Å². The molecule has 2 aromatic carbocycles. The second-order valence-electron chi connectivity index (χ2n) is 5.17. The number of hydrogen-bond donors (Lipinski definition) is 1. The van der Waals surface area contributed by atoms with Gasteiger partial charge in [-0.2, -0.15) is 0 Å². The summed E-state index contributed by atoms with van der Waals surface area (Å²) >= 11 is 0. The van der Waals surface area contributed by atoms with Crippen molar-refractivity contribution < 1.29 is 17.9 Å². The second-order valence-corrected chi connectivity index (χ2v) is 6.92. The average molecular weight is 333 g/mol. The molecule has 1 N–H and O–H groups in total. The summed E-state index contributed by atoms with van der Waals surface area (Å²) in [5, 5.41) is 0. The first-order valence-corrected chi connectivity index (χ1v) is 9.09. The van der Waals surface area contributed by atoms with E-state index in [1.807, 2.05) is 30.3 Å². The number of benzene rings is 2. The Morgan fingerprint density at radius 1 is 1.13 bits per heavy atom. The molecule has 0 heterocycles. The van der Waals surface area contributed by atoms with Crippen molar-refractivity contribution in [2.45, 2.75) is 20.0 Å². The number of carbonyl (C=O) groups excluding carboxylic acids is 1. The van der Waals surface area contributed by atoms with Crippen molar-refractivity contribution in [2.24, 2.45) is 0 Å². The number of anilines is 1. The third-order valence-electron chi connectivity index (χ3n) is 3.10. The Morgan fingerprint density at radius 2 is 1.83 bits per heavy atom. The van der Waals surface area contributed by atoms with E-state index >= 15 is 0 Å². The van der Waals surface area contributed by atoms with Crippen molar-refractivity contribution in [3.63, 3.8) is 0 Å². The summed E-state index contributed by atoms with van der Waals surface area (Å²) < 4.78 is 30.9. The zero-order valence-corrected chi connectivity index (χ0v) is 13.9. The van der Waals surface area contributed by atoms with E-state index in [2.05, 4.69) is 4.72 Å². The summed E-state index contributed by atoms with van der Waals surface area (Å²) in [6.07, 6.45) is 1.40. The van der Waals surface area contributed by atoms with E-state index < -0.39 is 10.0 Å². The van der Waals surface area contributed by atoms with Crippen LogP contribution in [0.3, 0.4) is 0 Å². The minimum Gasteiger partial charge on any atom is -0.489 e. The van der Waals surface area contributed by atoms with Crippen LogP contribution in [0.5, 0.6) is 5.75 Å². The number of sulfonamides is 1. The Kier molecular flexibility index (Phi) is 5.39. The van der Waals surface area contributed by atoms with Crippen LogP contribution < -0.4 is 9.46 Å². The third-order valence-corrected chi connectivity index (χ3v) is 3.71. The second kappa shape index (κ2) is 7.28. The highest BCUT2D eigenvalue weighted by Gasteiger charge is 2.10. The number of Topliss-reactive ketones (excluding diaryl/α,β-unsaturated/α-hetero) is 1. The third kappa shape index (κ3) is 5.41. The Morgan fingerprint density at radius 3 is 2.43 bits per heavy atom. The van der Waals surface area contributed by atoms with Gasteiger partial charge in [0.15, 0.2) is 5.78 Å². The van der Waals surface area contributed by atoms with Crippen LogP contribution in [0.1, 0.15) is 29.3 Å². The molecule has 0 saturated carbocycles. The maximum atomic E-state index is 11.9. The zero-order chi connectivity index (χ0) is 16.9. The van der Waals surface area contributed by atoms with Gasteiger partial charge in [0.2, 0.25) is 10.0 Å². The van der Waals surface area contributed by atoms with Crippen molar-refractivity contribution in [1.29, 1.82) is 0 Å². The van der Waals surface area contributed by atoms with Gasteiger partial charge in [-0.25, -0.2) is 8.42 Å². The number of nitrogens with one attached hydrogen (secondary N) is 1. The predicted octanol–water partition coefficient (Wildman–Crippen LogP) is 3.23. The highest BCUT2D eigenvalue weighted by Crippen LogP contribution is 2.23. The van der Waals surface area contributed by atoms with Gasteiger partial charge in [-0.3, -0.25) is 9.52 Å². The van der Waals surface area contributed by atoms with Gasteiger partial charge in [-0.15, -0.1) is 0 Å². The van der Waals surface area contributed by atoms with E-state index in [0.717, 1.165) is 11.8 Å². The normalized spacial score (nSPS) is 11.0. The molecule has 0 amide bonds. The van der Waals surface area contributed by atoms with Gasteiger partial charge in [0.1, 0.15) is 12.4 Å². The molecular formula is C17H19NO4S. The summed E-state index contributed by atoms with van der Waals surface area (Å²) in [6.45, 7) is 2.09. The van der Waals surface area contributed by atoms with E-state index in [1.165, 1.54) is 6.07 Å². The predicted molar refractivity (Wildman–Crippen MR) is 90.3 cm³/mol. The van der Waals surface area contributed by atoms with E-state index in [9.17, 15) is 13.2 Å². The standard InChI is InChI=1S/C17H19NO4S/c1-3-17(19)14-9-15(18-23(2,20)21)11-16(10-14)22-12-13-7-5-4-6-8-13/h4-11,18H,3,12H2,1-2H3. The molecule has 0 aliphatic carbocycles. The van der Waals surface area contributed by atoms with Crippen LogP contribution in [0.2, 0.25) is 0 Å². The fourth-order valence-electron chi connectivity index (χ4n) is 2.06. The number of ketones is 1. The minimum atomic E-state index is -3.43. The molecule has 122 valence electrons. The molecule has 0 spiro atoms. The first kappa shape index (κ1) is 17.0. The van der Waals surface area contributed by atoms with Crippen molar-refractivity contribution in [2.75, 3.05) is 11.0 Å². The van der Waals surface area contributed by atoms with Crippen LogP contribution >= 0.6 is 0 Å². The molecule has 0 aliphatic heterocycles. The largest absolute Gasteiger partial charge is 0.489 e. The summed E-state index contributed by atoms with van der Waals surface area (Å²) in [6, 6.07) is 14.3. The first-order chi connectivity index (χ1) is 10.9. The van der Waals surface area contributed by atoms with Crippen LogP contribution in [0.15, 0.2) is 48.5 Å². The zero-order valence-electron chi connectivity index (χ0n) is 13.1. The summed E-state index contributed by atoms with van der Waals surface area (Å²) in [7, 11) is -3.43. The molecular weight excluding hydrogens is 314 g/mol. The van der Waals surface area contributed by atoms with E-state index in [4.69, 9.17) is 4.74 Å². The highest BCUT2D eigenvalue weighted by molar-refractivity contribution is 7.92. The fraction of sp³-hybridized carbons (Fsp3) is 0.235. The van der Waals surface area contributed by atoms with Gasteiger partial charge in [-0.05, 0) is 17.7 Å². The van der Waals surface area contributed by atoms with Crippen LogP contribution in [-0.4, -0.2) is 20.5 Å². The summed E-state index contributed by atoms with van der Waals surface area (Å²) in [5.41, 5.74) is 1.72. The number of ether oxygens (including phenoxy) is 1. The highest BCUT2D eigenvalue weighted by atomic mass is 32.2. The first-order valence-electron chi connectivity index (χ1n) is 7.20. The molecule has 2 rings (SSSR count). The van der Waals surface area contributed by atoms with Gasteiger partial charge in [-0.1, -0.05) is 37.3 Å². The van der Waals surface area contributed by atoms with Gasteiger partial charge in [0.25, 0.3) is 0 Å². The lowest BCUT2D eigenvalue weighted by atomic mass is 10.1. The smallest absolute Gasteiger partial charge is 0.229 e. The molecule has 0 aromatic heterocycles. The van der Waals surface area contributed by atoms with Crippen molar-refractivity contribution >= 4 is 21.5 Å². The molecule has 0 aliphatic rings. The minimum absolute atomic E-state index is 0.0771.